The van der Waals surface area contributed by atoms with Gasteiger partial charge in [0.1, 0.15) is 5.54 Å². The minimum absolute atomic E-state index is 0.0762. The maximum atomic E-state index is 13.2. The summed E-state index contributed by atoms with van der Waals surface area (Å²) in [5.74, 6) is -2.72. The number of nitrogens with one attached hydrogen (secondary N) is 1. The van der Waals surface area contributed by atoms with E-state index in [0.29, 0.717) is 18.8 Å². The summed E-state index contributed by atoms with van der Waals surface area (Å²) in [6.45, 7) is 1.62. The van der Waals surface area contributed by atoms with Crippen molar-refractivity contribution in [3.63, 3.8) is 0 Å². The van der Waals surface area contributed by atoms with Gasteiger partial charge in [-0.25, -0.2) is 13.6 Å². The number of hydrogen-bond acceptors (Lipinski definition) is 3. The highest BCUT2D eigenvalue weighted by molar-refractivity contribution is 6.11. The number of ketones is 1. The number of imide groups is 1. The average Bonchev–Trinajstić information content (AvgIpc) is 2.77. The van der Waals surface area contributed by atoms with E-state index < -0.39 is 41.4 Å². The van der Waals surface area contributed by atoms with Crippen molar-refractivity contribution in [2.45, 2.75) is 38.1 Å². The Hall–Kier alpha value is -2.31. The molecule has 3 amide bonds. The Labute approximate surface area is 138 Å². The highest BCUT2D eigenvalue weighted by Crippen LogP contribution is 2.36. The minimum atomic E-state index is -1.14. The van der Waals surface area contributed by atoms with Crippen molar-refractivity contribution >= 4 is 17.7 Å². The summed E-state index contributed by atoms with van der Waals surface area (Å²) in [6, 6.07) is 2.15. The second kappa shape index (κ2) is 5.96. The third-order valence-corrected chi connectivity index (χ3v) is 4.92. The van der Waals surface area contributed by atoms with E-state index in [0.717, 1.165) is 35.9 Å². The molecular weight excluding hydrogens is 318 g/mol. The van der Waals surface area contributed by atoms with Gasteiger partial charge in [0.15, 0.2) is 17.4 Å². The fourth-order valence-electron chi connectivity index (χ4n) is 3.32. The minimum Gasteiger partial charge on any atom is -0.323 e. The molecule has 5 nitrogen and oxygen atoms in total. The second-order valence-electron chi connectivity index (χ2n) is 6.64. The van der Waals surface area contributed by atoms with Gasteiger partial charge in [-0.2, -0.15) is 0 Å². The van der Waals surface area contributed by atoms with Crippen molar-refractivity contribution in [3.8, 4) is 0 Å². The Morgan fingerprint density at radius 1 is 1.25 bits per heavy atom. The molecule has 128 valence electrons. The fraction of sp³-hybridized carbons (Fsp3) is 0.471. The molecule has 1 saturated heterocycles. The molecule has 1 aliphatic heterocycles. The lowest BCUT2D eigenvalue weighted by molar-refractivity contribution is -0.132. The van der Waals surface area contributed by atoms with Crippen LogP contribution in [0.2, 0.25) is 0 Å². The zero-order valence-electron chi connectivity index (χ0n) is 13.3. The SMILES string of the molecule is CC1CCC2(CC1)NC(=O)N(CC(=O)c1ccc(F)c(F)c1)C2=O. The lowest BCUT2D eigenvalue weighted by Gasteiger charge is -2.33. The number of carbonyl (C=O) groups is 3. The normalized spacial score (nSPS) is 26.8. The standard InChI is InChI=1S/C17H18F2N2O3/c1-10-4-6-17(7-5-10)15(23)21(16(24)20-17)9-14(22)11-2-3-12(18)13(19)8-11/h2-3,8,10H,4-7,9H2,1H3,(H,20,24). The Kier molecular flexibility index (Phi) is 4.11. The van der Waals surface area contributed by atoms with Gasteiger partial charge in [0, 0.05) is 5.56 Å². The zero-order chi connectivity index (χ0) is 17.5. The smallest absolute Gasteiger partial charge is 0.323 e. The summed E-state index contributed by atoms with van der Waals surface area (Å²) in [4.78, 5) is 37.9. The summed E-state index contributed by atoms with van der Waals surface area (Å²) in [5, 5.41) is 2.72. The van der Waals surface area contributed by atoms with Crippen LogP contribution in [0.3, 0.4) is 0 Å². The van der Waals surface area contributed by atoms with Crippen LogP contribution in [0.5, 0.6) is 0 Å². The van der Waals surface area contributed by atoms with Crippen molar-refractivity contribution < 1.29 is 23.2 Å². The number of rotatable bonds is 3. The van der Waals surface area contributed by atoms with Gasteiger partial charge in [-0.15, -0.1) is 0 Å². The third-order valence-electron chi connectivity index (χ3n) is 4.92. The van der Waals surface area contributed by atoms with Gasteiger partial charge in [0.05, 0.1) is 6.54 Å². The van der Waals surface area contributed by atoms with Crippen LogP contribution in [-0.4, -0.2) is 34.7 Å². The van der Waals surface area contributed by atoms with E-state index in [2.05, 4.69) is 12.2 Å². The molecule has 1 spiro atoms. The molecule has 0 aromatic heterocycles. The van der Waals surface area contributed by atoms with Gasteiger partial charge in [-0.1, -0.05) is 6.92 Å². The number of carbonyl (C=O) groups excluding carboxylic acids is 3. The zero-order valence-corrected chi connectivity index (χ0v) is 13.3. The number of amides is 3. The number of urea groups is 1. The Morgan fingerprint density at radius 3 is 2.54 bits per heavy atom. The van der Waals surface area contributed by atoms with Gasteiger partial charge in [-0.05, 0) is 49.8 Å². The van der Waals surface area contributed by atoms with Gasteiger partial charge in [-0.3, -0.25) is 14.5 Å². The highest BCUT2D eigenvalue weighted by Gasteiger charge is 2.52. The quantitative estimate of drug-likeness (QED) is 0.682. The van der Waals surface area contributed by atoms with Crippen LogP contribution in [0, 0.1) is 17.6 Å². The van der Waals surface area contributed by atoms with Crippen LogP contribution < -0.4 is 5.32 Å². The van der Waals surface area contributed by atoms with Gasteiger partial charge < -0.3 is 5.32 Å². The van der Waals surface area contributed by atoms with Crippen LogP contribution >= 0.6 is 0 Å². The molecule has 1 saturated carbocycles. The number of hydrogen-bond donors (Lipinski definition) is 1. The molecule has 24 heavy (non-hydrogen) atoms. The maximum absolute atomic E-state index is 13.2. The third kappa shape index (κ3) is 2.79. The molecule has 0 atom stereocenters. The van der Waals surface area contributed by atoms with Crippen molar-refractivity contribution in [1.82, 2.24) is 10.2 Å². The first-order valence-corrected chi connectivity index (χ1v) is 7.95. The molecule has 1 aromatic rings. The Balaban J connectivity index is 1.75. The molecule has 1 aromatic carbocycles. The van der Waals surface area contributed by atoms with Crippen LogP contribution in [0.15, 0.2) is 18.2 Å². The predicted octanol–water partition coefficient (Wildman–Crippen LogP) is 2.65. The van der Waals surface area contributed by atoms with E-state index in [1.165, 1.54) is 0 Å². The van der Waals surface area contributed by atoms with E-state index in [1.807, 2.05) is 0 Å². The molecule has 1 aliphatic carbocycles. The monoisotopic (exact) mass is 336 g/mol. The summed E-state index contributed by atoms with van der Waals surface area (Å²) >= 11 is 0. The molecule has 7 heteroatoms. The summed E-state index contributed by atoms with van der Waals surface area (Å²) < 4.78 is 26.2. The molecule has 2 fully saturated rings. The second-order valence-corrected chi connectivity index (χ2v) is 6.64. The van der Waals surface area contributed by atoms with Crippen molar-refractivity contribution in [1.29, 1.82) is 0 Å². The molecule has 2 aliphatic rings. The number of Topliss-reactive ketones (excluding diaryl/α,β-unsaturated/α-hetero) is 1. The molecule has 0 bridgehead atoms. The van der Waals surface area contributed by atoms with E-state index >= 15 is 0 Å². The molecule has 3 rings (SSSR count). The first-order chi connectivity index (χ1) is 11.3. The maximum Gasteiger partial charge on any atom is 0.325 e. The van der Waals surface area contributed by atoms with Crippen LogP contribution in [0.25, 0.3) is 0 Å². The molecule has 0 unspecified atom stereocenters. The van der Waals surface area contributed by atoms with Gasteiger partial charge in [0.2, 0.25) is 0 Å². The Bertz CT molecular complexity index is 712. The highest BCUT2D eigenvalue weighted by atomic mass is 19.2. The fourth-order valence-corrected chi connectivity index (χ4v) is 3.32. The van der Waals surface area contributed by atoms with Crippen molar-refractivity contribution in [2.75, 3.05) is 6.54 Å². The summed E-state index contributed by atoms with van der Waals surface area (Å²) in [7, 11) is 0. The molecule has 1 heterocycles. The number of benzene rings is 1. The van der Waals surface area contributed by atoms with E-state index in [1.54, 1.807) is 0 Å². The van der Waals surface area contributed by atoms with Crippen LogP contribution in [0.1, 0.15) is 43.0 Å². The molecule has 1 N–H and O–H groups in total. The largest absolute Gasteiger partial charge is 0.325 e. The van der Waals surface area contributed by atoms with Crippen molar-refractivity contribution in [2.24, 2.45) is 5.92 Å². The summed E-state index contributed by atoms with van der Waals surface area (Å²) in [6.07, 6.45) is 2.76. The first-order valence-electron chi connectivity index (χ1n) is 7.95. The molecular formula is C17H18F2N2O3. The topological polar surface area (TPSA) is 66.5 Å². The summed E-state index contributed by atoms with van der Waals surface area (Å²) in [5.41, 5.74) is -0.995. The van der Waals surface area contributed by atoms with Crippen LogP contribution in [-0.2, 0) is 4.79 Å². The van der Waals surface area contributed by atoms with Gasteiger partial charge in [0.25, 0.3) is 5.91 Å². The predicted molar refractivity (Wildman–Crippen MR) is 81.3 cm³/mol. The number of halogens is 2. The average molecular weight is 336 g/mol. The lowest BCUT2D eigenvalue weighted by atomic mass is 9.77. The number of nitrogens with zero attached hydrogens (tertiary/aromatic N) is 1. The van der Waals surface area contributed by atoms with Gasteiger partial charge >= 0.3 is 6.03 Å². The van der Waals surface area contributed by atoms with E-state index in [9.17, 15) is 23.2 Å². The van der Waals surface area contributed by atoms with Crippen molar-refractivity contribution in [3.05, 3.63) is 35.4 Å². The Morgan fingerprint density at radius 2 is 1.92 bits per heavy atom. The first kappa shape index (κ1) is 16.5. The van der Waals surface area contributed by atoms with E-state index in [4.69, 9.17) is 0 Å². The van der Waals surface area contributed by atoms with Crippen LogP contribution in [0.4, 0.5) is 13.6 Å². The lowest BCUT2D eigenvalue weighted by Crippen LogP contribution is -2.49. The van der Waals surface area contributed by atoms with E-state index in [-0.39, 0.29) is 5.56 Å². The molecule has 0 radical (unpaired) electrons.